The van der Waals surface area contributed by atoms with Crippen molar-refractivity contribution in [3.05, 3.63) is 0 Å². The number of hydrogen-bond donors (Lipinski definition) is 3. The van der Waals surface area contributed by atoms with Gasteiger partial charge in [0.15, 0.2) is 0 Å². The molecule has 0 aromatic rings. The summed E-state index contributed by atoms with van der Waals surface area (Å²) in [5.74, 6) is 2.38. The van der Waals surface area contributed by atoms with Gasteiger partial charge in [-0.3, -0.25) is 4.90 Å². The number of thioether (sulfide) groups is 1. The molecule has 1 rings (SSSR count). The Kier molecular flexibility index (Phi) is 8.84. The molecule has 0 radical (unpaired) electrons. The Morgan fingerprint density at radius 3 is 2.33 bits per heavy atom. The van der Waals surface area contributed by atoms with Crippen molar-refractivity contribution in [2.45, 2.75) is 64.9 Å². The SMILES string of the molecule is CC(C)C[C@H](NC(=O)OC(C)(C)C)C(O)C(O)CN1CCSCC1. The monoisotopic (exact) mass is 362 g/mol. The molecule has 142 valence electrons. The molecule has 3 N–H and O–H groups in total. The molecule has 1 amide bonds. The van der Waals surface area contributed by atoms with Gasteiger partial charge < -0.3 is 20.3 Å². The van der Waals surface area contributed by atoms with E-state index < -0.39 is 29.9 Å². The van der Waals surface area contributed by atoms with Crippen LogP contribution in [-0.4, -0.2) is 76.2 Å². The molecule has 3 atom stereocenters. The summed E-state index contributed by atoms with van der Waals surface area (Å²) in [5.41, 5.74) is -0.596. The number of nitrogens with zero attached hydrogens (tertiary/aromatic N) is 1. The van der Waals surface area contributed by atoms with Gasteiger partial charge in [0.25, 0.3) is 0 Å². The van der Waals surface area contributed by atoms with Crippen molar-refractivity contribution >= 4 is 17.9 Å². The molecule has 2 unspecified atom stereocenters. The molecule has 1 aliphatic heterocycles. The van der Waals surface area contributed by atoms with Gasteiger partial charge >= 0.3 is 6.09 Å². The van der Waals surface area contributed by atoms with E-state index in [1.807, 2.05) is 25.6 Å². The van der Waals surface area contributed by atoms with Crippen molar-refractivity contribution in [3.63, 3.8) is 0 Å². The lowest BCUT2D eigenvalue weighted by Gasteiger charge is -2.33. The Labute approximate surface area is 150 Å². The predicted octanol–water partition coefficient (Wildman–Crippen LogP) is 1.70. The highest BCUT2D eigenvalue weighted by Crippen LogP contribution is 2.16. The van der Waals surface area contributed by atoms with Crippen molar-refractivity contribution in [2.75, 3.05) is 31.1 Å². The highest BCUT2D eigenvalue weighted by molar-refractivity contribution is 7.99. The van der Waals surface area contributed by atoms with E-state index >= 15 is 0 Å². The number of hydrogen-bond acceptors (Lipinski definition) is 6. The lowest BCUT2D eigenvalue weighted by atomic mass is 9.95. The number of amides is 1. The number of aliphatic hydroxyl groups is 2. The Bertz CT molecular complexity index is 381. The average Bonchev–Trinajstić information content (AvgIpc) is 2.44. The second kappa shape index (κ2) is 9.85. The van der Waals surface area contributed by atoms with Crippen LogP contribution in [0.3, 0.4) is 0 Å². The number of carbonyl (C=O) groups is 1. The van der Waals surface area contributed by atoms with E-state index in [9.17, 15) is 15.0 Å². The molecule has 1 saturated heterocycles. The first-order valence-corrected chi connectivity index (χ1v) is 9.89. The number of aliphatic hydroxyl groups excluding tert-OH is 2. The minimum atomic E-state index is -1.02. The quantitative estimate of drug-likeness (QED) is 0.639. The number of rotatable bonds is 7. The van der Waals surface area contributed by atoms with Crippen LogP contribution in [0.25, 0.3) is 0 Å². The van der Waals surface area contributed by atoms with Gasteiger partial charge in [-0.05, 0) is 33.1 Å². The average molecular weight is 363 g/mol. The van der Waals surface area contributed by atoms with E-state index in [0.29, 0.717) is 13.0 Å². The van der Waals surface area contributed by atoms with E-state index in [-0.39, 0.29) is 5.92 Å². The summed E-state index contributed by atoms with van der Waals surface area (Å²) in [4.78, 5) is 14.2. The molecular formula is C17H34N2O4S. The van der Waals surface area contributed by atoms with Crippen LogP contribution in [0, 0.1) is 5.92 Å². The molecule has 0 bridgehead atoms. The van der Waals surface area contributed by atoms with Gasteiger partial charge in [0, 0.05) is 31.1 Å². The molecule has 7 heteroatoms. The fraction of sp³-hybridized carbons (Fsp3) is 0.941. The molecule has 6 nitrogen and oxygen atoms in total. The molecular weight excluding hydrogens is 328 g/mol. The standard InChI is InChI=1S/C17H34N2O4S/c1-12(2)10-13(18-16(22)23-17(3,4)5)15(21)14(20)11-19-6-8-24-9-7-19/h12-15,20-21H,6-11H2,1-5H3,(H,18,22)/t13-,14?,15?/m0/s1. The molecule has 24 heavy (non-hydrogen) atoms. The van der Waals surface area contributed by atoms with E-state index in [2.05, 4.69) is 10.2 Å². The Morgan fingerprint density at radius 1 is 1.25 bits per heavy atom. The summed E-state index contributed by atoms with van der Waals surface area (Å²) in [7, 11) is 0. The van der Waals surface area contributed by atoms with Crippen LogP contribution in [0.4, 0.5) is 4.79 Å². The normalized spacial score (nSPS) is 20.5. The van der Waals surface area contributed by atoms with Gasteiger partial charge in [-0.25, -0.2) is 4.79 Å². The van der Waals surface area contributed by atoms with Crippen molar-refractivity contribution in [1.29, 1.82) is 0 Å². The Balaban J connectivity index is 2.61. The summed E-state index contributed by atoms with van der Waals surface area (Å²) in [6, 6.07) is -0.533. The summed E-state index contributed by atoms with van der Waals surface area (Å²) in [5, 5.41) is 23.7. The van der Waals surface area contributed by atoms with Crippen LogP contribution in [0.1, 0.15) is 41.0 Å². The highest BCUT2D eigenvalue weighted by atomic mass is 32.2. The van der Waals surface area contributed by atoms with Crippen molar-refractivity contribution in [1.82, 2.24) is 10.2 Å². The van der Waals surface area contributed by atoms with E-state index in [1.165, 1.54) is 0 Å². The molecule has 0 aromatic heterocycles. The first-order valence-electron chi connectivity index (χ1n) is 8.74. The minimum absolute atomic E-state index is 0.276. The number of alkyl carbamates (subject to hydrolysis) is 1. The van der Waals surface area contributed by atoms with Crippen LogP contribution in [0.5, 0.6) is 0 Å². The van der Waals surface area contributed by atoms with Gasteiger partial charge in [-0.15, -0.1) is 0 Å². The Morgan fingerprint density at radius 2 is 1.83 bits per heavy atom. The third kappa shape index (κ3) is 8.55. The maximum absolute atomic E-state index is 12.0. The maximum Gasteiger partial charge on any atom is 0.407 e. The molecule has 0 aromatic carbocycles. The van der Waals surface area contributed by atoms with Crippen molar-refractivity contribution in [2.24, 2.45) is 5.92 Å². The largest absolute Gasteiger partial charge is 0.444 e. The van der Waals surface area contributed by atoms with Crippen LogP contribution in [0.2, 0.25) is 0 Å². The van der Waals surface area contributed by atoms with Crippen LogP contribution < -0.4 is 5.32 Å². The zero-order valence-electron chi connectivity index (χ0n) is 15.6. The molecule has 1 fully saturated rings. The molecule has 0 aliphatic carbocycles. The number of ether oxygens (including phenoxy) is 1. The lowest BCUT2D eigenvalue weighted by molar-refractivity contribution is -0.0268. The van der Waals surface area contributed by atoms with Gasteiger partial charge in [0.1, 0.15) is 11.7 Å². The second-order valence-corrected chi connectivity index (χ2v) is 9.08. The van der Waals surface area contributed by atoms with E-state index in [1.54, 1.807) is 20.8 Å². The van der Waals surface area contributed by atoms with Crippen LogP contribution in [0.15, 0.2) is 0 Å². The zero-order chi connectivity index (χ0) is 18.3. The fourth-order valence-corrected chi connectivity index (χ4v) is 3.65. The van der Waals surface area contributed by atoms with Gasteiger partial charge in [-0.2, -0.15) is 11.8 Å². The number of carbonyl (C=O) groups excluding carboxylic acids is 1. The molecule has 1 heterocycles. The maximum atomic E-state index is 12.0. The number of β-amino-alcohol motifs (C(OH)–C–C–N with tert-alkyl or cyclic N) is 1. The van der Waals surface area contributed by atoms with Gasteiger partial charge in [-0.1, -0.05) is 13.8 Å². The Hall–Kier alpha value is -0.500. The zero-order valence-corrected chi connectivity index (χ0v) is 16.4. The highest BCUT2D eigenvalue weighted by Gasteiger charge is 2.31. The van der Waals surface area contributed by atoms with Crippen molar-refractivity contribution < 1.29 is 19.7 Å². The minimum Gasteiger partial charge on any atom is -0.444 e. The molecule has 0 saturated carbocycles. The topological polar surface area (TPSA) is 82.0 Å². The van der Waals surface area contributed by atoms with Gasteiger partial charge in [0.2, 0.25) is 0 Å². The van der Waals surface area contributed by atoms with Crippen LogP contribution >= 0.6 is 11.8 Å². The fourth-order valence-electron chi connectivity index (χ4n) is 2.67. The summed E-state index contributed by atoms with van der Waals surface area (Å²) in [6.07, 6.45) is -1.90. The smallest absolute Gasteiger partial charge is 0.407 e. The van der Waals surface area contributed by atoms with Crippen LogP contribution in [-0.2, 0) is 4.74 Å². The van der Waals surface area contributed by atoms with Gasteiger partial charge in [0.05, 0.1) is 12.1 Å². The molecule has 1 aliphatic rings. The number of nitrogens with one attached hydrogen (secondary N) is 1. The third-order valence-electron chi connectivity index (χ3n) is 3.78. The second-order valence-electron chi connectivity index (χ2n) is 7.85. The van der Waals surface area contributed by atoms with E-state index in [4.69, 9.17) is 4.74 Å². The first kappa shape index (κ1) is 21.5. The summed E-state index contributed by atoms with van der Waals surface area (Å²) in [6.45, 7) is 11.7. The molecule has 0 spiro atoms. The van der Waals surface area contributed by atoms with Crippen molar-refractivity contribution in [3.8, 4) is 0 Å². The summed E-state index contributed by atoms with van der Waals surface area (Å²) < 4.78 is 5.27. The van der Waals surface area contributed by atoms with E-state index in [0.717, 1.165) is 24.6 Å². The lowest BCUT2D eigenvalue weighted by Crippen LogP contribution is -2.53. The summed E-state index contributed by atoms with van der Waals surface area (Å²) >= 11 is 1.90. The third-order valence-corrected chi connectivity index (χ3v) is 4.73. The predicted molar refractivity (Wildman–Crippen MR) is 98.4 cm³/mol. The first-order chi connectivity index (χ1) is 11.1.